The third-order valence-corrected chi connectivity index (χ3v) is 4.87. The quantitative estimate of drug-likeness (QED) is 0.859. The molecule has 0 fully saturated rings. The first-order valence-electron chi connectivity index (χ1n) is 6.45. The summed E-state index contributed by atoms with van der Waals surface area (Å²) in [6, 6.07) is 8.39. The molecule has 6 nitrogen and oxygen atoms in total. The number of anilines is 1. The number of carbonyl (C=O) groups is 1. The van der Waals surface area contributed by atoms with E-state index in [1.807, 2.05) is 0 Å². The number of aryl methyl sites for hydroxylation is 1. The van der Waals surface area contributed by atoms with Crippen LogP contribution in [0.1, 0.15) is 15.9 Å². The lowest BCUT2D eigenvalue weighted by Gasteiger charge is -2.14. The van der Waals surface area contributed by atoms with Crippen molar-refractivity contribution in [1.29, 1.82) is 0 Å². The molecule has 0 unspecified atom stereocenters. The van der Waals surface area contributed by atoms with Crippen LogP contribution >= 0.6 is 11.6 Å². The Labute approximate surface area is 138 Å². The number of ether oxygens (including phenoxy) is 1. The largest absolute Gasteiger partial charge is 0.495 e. The lowest BCUT2D eigenvalue weighted by atomic mass is 10.1. The topological polar surface area (TPSA) is 92.7 Å². The average molecular weight is 356 g/mol. The molecule has 0 aromatic heterocycles. The van der Waals surface area contributed by atoms with Gasteiger partial charge in [-0.15, -0.1) is 0 Å². The van der Waals surface area contributed by atoms with E-state index in [1.165, 1.54) is 31.4 Å². The molecule has 0 atom stereocenters. The third-order valence-electron chi connectivity index (χ3n) is 3.13. The van der Waals surface area contributed by atoms with Crippen LogP contribution in [-0.2, 0) is 10.0 Å². The van der Waals surface area contributed by atoms with Crippen molar-refractivity contribution in [1.82, 2.24) is 0 Å². The summed E-state index contributed by atoms with van der Waals surface area (Å²) in [4.78, 5) is 10.9. The van der Waals surface area contributed by atoms with Gasteiger partial charge in [-0.1, -0.05) is 17.7 Å². The third kappa shape index (κ3) is 3.75. The van der Waals surface area contributed by atoms with Crippen molar-refractivity contribution in [3.8, 4) is 5.75 Å². The number of carboxylic acid groups (broad SMARTS) is 1. The smallest absolute Gasteiger partial charge is 0.335 e. The molecule has 0 spiro atoms. The molecule has 2 N–H and O–H groups in total. The van der Waals surface area contributed by atoms with E-state index in [0.29, 0.717) is 16.3 Å². The maximum atomic E-state index is 12.6. The predicted molar refractivity (Wildman–Crippen MR) is 87.0 cm³/mol. The highest BCUT2D eigenvalue weighted by atomic mass is 35.5. The van der Waals surface area contributed by atoms with E-state index < -0.39 is 16.0 Å². The Hall–Kier alpha value is -2.25. The van der Waals surface area contributed by atoms with Crippen LogP contribution in [0.2, 0.25) is 5.02 Å². The van der Waals surface area contributed by atoms with Gasteiger partial charge in [0, 0.05) is 5.02 Å². The van der Waals surface area contributed by atoms with Crippen molar-refractivity contribution in [2.75, 3.05) is 11.8 Å². The highest BCUT2D eigenvalue weighted by molar-refractivity contribution is 7.92. The number of methoxy groups -OCH3 is 1. The summed E-state index contributed by atoms with van der Waals surface area (Å²) in [5, 5.41) is 9.35. The lowest BCUT2D eigenvalue weighted by molar-refractivity contribution is 0.0696. The first-order valence-corrected chi connectivity index (χ1v) is 8.31. The lowest BCUT2D eigenvalue weighted by Crippen LogP contribution is -2.15. The van der Waals surface area contributed by atoms with Crippen LogP contribution in [0.3, 0.4) is 0 Å². The zero-order valence-corrected chi connectivity index (χ0v) is 13.9. The summed E-state index contributed by atoms with van der Waals surface area (Å²) >= 11 is 5.88. The Morgan fingerprint density at radius 3 is 2.52 bits per heavy atom. The fourth-order valence-corrected chi connectivity index (χ4v) is 3.49. The van der Waals surface area contributed by atoms with E-state index in [2.05, 4.69) is 4.72 Å². The maximum absolute atomic E-state index is 12.6. The molecule has 0 aliphatic carbocycles. The molecular formula is C15H14ClNO5S. The predicted octanol–water partition coefficient (Wildman–Crippen LogP) is 3.16. The van der Waals surface area contributed by atoms with Crippen LogP contribution in [0.4, 0.5) is 5.69 Å². The van der Waals surface area contributed by atoms with Crippen LogP contribution in [0.15, 0.2) is 41.3 Å². The summed E-state index contributed by atoms with van der Waals surface area (Å²) < 4.78 is 32.6. The molecular weight excluding hydrogens is 342 g/mol. The van der Waals surface area contributed by atoms with Gasteiger partial charge in [0.15, 0.2) is 0 Å². The van der Waals surface area contributed by atoms with Gasteiger partial charge in [0.25, 0.3) is 10.0 Å². The van der Waals surface area contributed by atoms with E-state index in [9.17, 15) is 13.2 Å². The van der Waals surface area contributed by atoms with Gasteiger partial charge in [0.2, 0.25) is 0 Å². The van der Waals surface area contributed by atoms with Gasteiger partial charge < -0.3 is 9.84 Å². The van der Waals surface area contributed by atoms with Crippen LogP contribution in [0.5, 0.6) is 5.75 Å². The van der Waals surface area contributed by atoms with Crippen molar-refractivity contribution in [3.05, 3.63) is 52.5 Å². The molecule has 0 aliphatic heterocycles. The standard InChI is InChI=1S/C15H14ClNO5S/c1-9-3-4-10(15(18)19)7-14(9)23(20,21)17-12-8-11(16)5-6-13(12)22-2/h3-8,17H,1-2H3,(H,18,19). The number of benzene rings is 2. The van der Waals surface area contributed by atoms with E-state index >= 15 is 0 Å². The van der Waals surface area contributed by atoms with Crippen LogP contribution in [0.25, 0.3) is 0 Å². The molecule has 0 heterocycles. The Morgan fingerprint density at radius 2 is 1.91 bits per heavy atom. The molecule has 0 radical (unpaired) electrons. The van der Waals surface area contributed by atoms with Crippen molar-refractivity contribution in [3.63, 3.8) is 0 Å². The normalized spacial score (nSPS) is 11.1. The monoisotopic (exact) mass is 355 g/mol. The summed E-state index contributed by atoms with van der Waals surface area (Å²) in [5.41, 5.74) is 0.470. The number of aromatic carboxylic acids is 1. The van der Waals surface area contributed by atoms with Gasteiger partial charge in [-0.25, -0.2) is 13.2 Å². The minimum Gasteiger partial charge on any atom is -0.495 e. The second kappa shape index (κ2) is 6.47. The highest BCUT2D eigenvalue weighted by Gasteiger charge is 2.21. The fraction of sp³-hybridized carbons (Fsp3) is 0.133. The summed E-state index contributed by atoms with van der Waals surface area (Å²) in [6.45, 7) is 1.58. The molecule has 0 saturated carbocycles. The van der Waals surface area contributed by atoms with E-state index in [-0.39, 0.29) is 16.1 Å². The number of sulfonamides is 1. The van der Waals surface area contributed by atoms with Crippen LogP contribution in [0, 0.1) is 6.92 Å². The van der Waals surface area contributed by atoms with Crippen molar-refractivity contribution < 1.29 is 23.1 Å². The number of rotatable bonds is 5. The maximum Gasteiger partial charge on any atom is 0.335 e. The number of nitrogens with one attached hydrogen (secondary N) is 1. The molecule has 122 valence electrons. The zero-order chi connectivity index (χ0) is 17.2. The fourth-order valence-electron chi connectivity index (χ4n) is 1.98. The molecule has 8 heteroatoms. The SMILES string of the molecule is COc1ccc(Cl)cc1NS(=O)(=O)c1cc(C(=O)O)ccc1C. The summed E-state index contributed by atoms with van der Waals surface area (Å²) in [6.07, 6.45) is 0. The summed E-state index contributed by atoms with van der Waals surface area (Å²) in [7, 11) is -2.60. The van der Waals surface area contributed by atoms with Gasteiger partial charge in [0.1, 0.15) is 5.75 Å². The molecule has 2 aromatic carbocycles. The Morgan fingerprint density at radius 1 is 1.22 bits per heavy atom. The molecule has 0 amide bonds. The van der Waals surface area contributed by atoms with Gasteiger partial charge in [0.05, 0.1) is 23.3 Å². The van der Waals surface area contributed by atoms with Gasteiger partial charge >= 0.3 is 5.97 Å². The van der Waals surface area contributed by atoms with E-state index in [1.54, 1.807) is 13.0 Å². The molecule has 0 aliphatic rings. The van der Waals surface area contributed by atoms with Crippen LogP contribution < -0.4 is 9.46 Å². The van der Waals surface area contributed by atoms with Gasteiger partial charge in [-0.3, -0.25) is 4.72 Å². The minimum atomic E-state index is -4.00. The zero-order valence-electron chi connectivity index (χ0n) is 12.3. The second-order valence-corrected chi connectivity index (χ2v) is 6.82. The van der Waals surface area contributed by atoms with Gasteiger partial charge in [-0.2, -0.15) is 0 Å². The van der Waals surface area contributed by atoms with Crippen molar-refractivity contribution >= 4 is 33.3 Å². The van der Waals surface area contributed by atoms with Crippen LogP contribution in [-0.4, -0.2) is 26.6 Å². The second-order valence-electron chi connectivity index (χ2n) is 4.74. The minimum absolute atomic E-state index is 0.117. The molecule has 23 heavy (non-hydrogen) atoms. The molecule has 2 rings (SSSR count). The first kappa shape index (κ1) is 17.1. The molecule has 2 aromatic rings. The Balaban J connectivity index is 2.50. The first-order chi connectivity index (χ1) is 10.7. The average Bonchev–Trinajstić information content (AvgIpc) is 2.47. The van der Waals surface area contributed by atoms with E-state index in [4.69, 9.17) is 21.4 Å². The Bertz CT molecular complexity index is 864. The number of carboxylic acids is 1. The molecule has 0 bridgehead atoms. The number of hydrogen-bond acceptors (Lipinski definition) is 4. The highest BCUT2D eigenvalue weighted by Crippen LogP contribution is 2.30. The van der Waals surface area contributed by atoms with E-state index in [0.717, 1.165) is 6.07 Å². The Kier molecular flexibility index (Phi) is 4.82. The van der Waals surface area contributed by atoms with Crippen molar-refractivity contribution in [2.24, 2.45) is 0 Å². The van der Waals surface area contributed by atoms with Crippen molar-refractivity contribution in [2.45, 2.75) is 11.8 Å². The number of hydrogen-bond donors (Lipinski definition) is 2. The summed E-state index contributed by atoms with van der Waals surface area (Å²) in [5.74, 6) is -0.910. The van der Waals surface area contributed by atoms with Gasteiger partial charge in [-0.05, 0) is 42.8 Å². The number of halogens is 1. The molecule has 0 saturated heterocycles.